The van der Waals surface area contributed by atoms with Gasteiger partial charge in [-0.3, -0.25) is 9.78 Å². The standard InChI is InChI=1S/C18H11Cl2N3OS/c1-21-14-8-16(25-10-14)18(24)23-17(11-2-4-12(19)5-3-11)15-7-6-13(20)9-22-15/h2-10,17H,(H,23,24). The van der Waals surface area contributed by atoms with Gasteiger partial charge in [-0.15, -0.1) is 0 Å². The Morgan fingerprint density at radius 1 is 1.16 bits per heavy atom. The van der Waals surface area contributed by atoms with E-state index in [1.165, 1.54) is 17.5 Å². The van der Waals surface area contributed by atoms with Gasteiger partial charge in [0.05, 0.1) is 28.2 Å². The molecule has 0 fully saturated rings. The second kappa shape index (κ2) is 7.66. The molecule has 1 N–H and O–H groups in total. The van der Waals surface area contributed by atoms with Crippen molar-refractivity contribution in [3.05, 3.63) is 91.6 Å². The van der Waals surface area contributed by atoms with Crippen LogP contribution in [0.25, 0.3) is 4.85 Å². The summed E-state index contributed by atoms with van der Waals surface area (Å²) in [6, 6.07) is 11.8. The van der Waals surface area contributed by atoms with E-state index in [-0.39, 0.29) is 5.91 Å². The van der Waals surface area contributed by atoms with Crippen LogP contribution in [0.15, 0.2) is 54.0 Å². The number of hydrogen-bond donors (Lipinski definition) is 1. The molecule has 25 heavy (non-hydrogen) atoms. The quantitative estimate of drug-likeness (QED) is 0.598. The van der Waals surface area contributed by atoms with Crippen LogP contribution < -0.4 is 5.32 Å². The van der Waals surface area contributed by atoms with Crippen molar-refractivity contribution in [1.29, 1.82) is 0 Å². The first-order valence-corrected chi connectivity index (χ1v) is 8.84. The lowest BCUT2D eigenvalue weighted by molar-refractivity contribution is 0.0946. The Kier molecular flexibility index (Phi) is 5.34. The third kappa shape index (κ3) is 4.18. The highest BCUT2D eigenvalue weighted by molar-refractivity contribution is 7.12. The second-order valence-corrected chi connectivity index (χ2v) is 6.92. The largest absolute Gasteiger partial charge is 0.339 e. The van der Waals surface area contributed by atoms with Gasteiger partial charge in [-0.2, -0.15) is 11.3 Å². The smallest absolute Gasteiger partial charge is 0.260 e. The lowest BCUT2D eigenvalue weighted by Gasteiger charge is -2.19. The molecule has 3 aromatic rings. The van der Waals surface area contributed by atoms with Gasteiger partial charge >= 0.3 is 0 Å². The van der Waals surface area contributed by atoms with E-state index in [1.54, 1.807) is 35.7 Å². The Morgan fingerprint density at radius 2 is 1.88 bits per heavy atom. The van der Waals surface area contributed by atoms with Crippen molar-refractivity contribution in [2.24, 2.45) is 0 Å². The summed E-state index contributed by atoms with van der Waals surface area (Å²) in [7, 11) is 0. The fourth-order valence-electron chi connectivity index (χ4n) is 2.25. The third-order valence-electron chi connectivity index (χ3n) is 3.46. The summed E-state index contributed by atoms with van der Waals surface area (Å²) in [5.74, 6) is -0.267. The van der Waals surface area contributed by atoms with Gasteiger partial charge < -0.3 is 5.32 Å². The number of halogens is 2. The lowest BCUT2D eigenvalue weighted by Crippen LogP contribution is -2.29. The molecular weight excluding hydrogens is 377 g/mol. The van der Waals surface area contributed by atoms with E-state index < -0.39 is 6.04 Å². The number of hydrogen-bond acceptors (Lipinski definition) is 3. The first-order valence-electron chi connectivity index (χ1n) is 7.20. The molecule has 0 aliphatic rings. The van der Waals surface area contributed by atoms with E-state index in [0.29, 0.717) is 26.3 Å². The molecule has 1 unspecified atom stereocenters. The minimum absolute atomic E-state index is 0.267. The van der Waals surface area contributed by atoms with Crippen LogP contribution in [0.3, 0.4) is 0 Å². The SMILES string of the molecule is [C-]#[N+]c1csc(C(=O)NC(c2ccc(Cl)cc2)c2ccc(Cl)cn2)c1. The molecule has 0 aliphatic heterocycles. The van der Waals surface area contributed by atoms with Crippen molar-refractivity contribution >= 4 is 46.1 Å². The first-order chi connectivity index (χ1) is 12.1. The van der Waals surface area contributed by atoms with Gasteiger partial charge in [-0.05, 0) is 41.3 Å². The molecule has 0 saturated carbocycles. The maximum absolute atomic E-state index is 12.6. The number of pyridine rings is 1. The highest BCUT2D eigenvalue weighted by atomic mass is 35.5. The number of aromatic nitrogens is 1. The predicted molar refractivity (Wildman–Crippen MR) is 101 cm³/mol. The Hall–Kier alpha value is -2.39. The maximum atomic E-state index is 12.6. The van der Waals surface area contributed by atoms with Crippen LogP contribution in [-0.4, -0.2) is 10.9 Å². The molecule has 7 heteroatoms. The number of carbonyl (C=O) groups excluding carboxylic acids is 1. The molecule has 3 rings (SSSR count). The topological polar surface area (TPSA) is 46.4 Å². The van der Waals surface area contributed by atoms with Gasteiger partial charge in [-0.25, -0.2) is 4.85 Å². The predicted octanol–water partition coefficient (Wildman–Crippen LogP) is 5.52. The molecule has 2 aromatic heterocycles. The van der Waals surface area contributed by atoms with Crippen molar-refractivity contribution in [2.75, 3.05) is 0 Å². The summed E-state index contributed by atoms with van der Waals surface area (Å²) in [5, 5.41) is 5.74. The van der Waals surface area contributed by atoms with E-state index in [1.807, 2.05) is 12.1 Å². The van der Waals surface area contributed by atoms with Crippen molar-refractivity contribution in [3.63, 3.8) is 0 Å². The average molecular weight is 388 g/mol. The third-order valence-corrected chi connectivity index (χ3v) is 4.86. The average Bonchev–Trinajstić information content (AvgIpc) is 3.11. The van der Waals surface area contributed by atoms with E-state index in [2.05, 4.69) is 15.1 Å². The molecular formula is C18H11Cl2N3OS. The van der Waals surface area contributed by atoms with Crippen LogP contribution in [0, 0.1) is 6.57 Å². The van der Waals surface area contributed by atoms with Crippen LogP contribution in [0.5, 0.6) is 0 Å². The van der Waals surface area contributed by atoms with Gasteiger partial charge in [-0.1, -0.05) is 35.3 Å². The van der Waals surface area contributed by atoms with Crippen molar-refractivity contribution in [2.45, 2.75) is 6.04 Å². The fraction of sp³-hybridized carbons (Fsp3) is 0.0556. The Morgan fingerprint density at radius 3 is 2.48 bits per heavy atom. The van der Waals surface area contributed by atoms with Gasteiger partial charge in [0.25, 0.3) is 5.91 Å². The van der Waals surface area contributed by atoms with Gasteiger partial charge in [0.1, 0.15) is 0 Å². The molecule has 124 valence electrons. The van der Waals surface area contributed by atoms with Crippen molar-refractivity contribution < 1.29 is 4.79 Å². The van der Waals surface area contributed by atoms with Crippen LogP contribution in [0.1, 0.15) is 27.0 Å². The minimum atomic E-state index is -0.458. The van der Waals surface area contributed by atoms with Crippen LogP contribution in [-0.2, 0) is 0 Å². The molecule has 0 spiro atoms. The van der Waals surface area contributed by atoms with E-state index in [9.17, 15) is 4.79 Å². The number of carbonyl (C=O) groups is 1. The fourth-order valence-corrected chi connectivity index (χ4v) is 3.21. The molecule has 4 nitrogen and oxygen atoms in total. The Bertz CT molecular complexity index is 885. The number of benzene rings is 1. The highest BCUT2D eigenvalue weighted by Gasteiger charge is 2.20. The number of nitrogens with one attached hydrogen (secondary N) is 1. The Labute approximate surface area is 158 Å². The monoisotopic (exact) mass is 387 g/mol. The zero-order chi connectivity index (χ0) is 17.8. The van der Waals surface area contributed by atoms with Crippen LogP contribution in [0.4, 0.5) is 5.69 Å². The minimum Gasteiger partial charge on any atom is -0.339 e. The summed E-state index contributed by atoms with van der Waals surface area (Å²) >= 11 is 13.1. The zero-order valence-electron chi connectivity index (χ0n) is 12.7. The number of thiophene rings is 1. The van der Waals surface area contributed by atoms with Crippen molar-refractivity contribution in [1.82, 2.24) is 10.3 Å². The van der Waals surface area contributed by atoms with E-state index in [4.69, 9.17) is 29.8 Å². The first kappa shape index (κ1) is 17.4. The zero-order valence-corrected chi connectivity index (χ0v) is 15.1. The highest BCUT2D eigenvalue weighted by Crippen LogP contribution is 2.26. The normalized spacial score (nSPS) is 11.6. The van der Waals surface area contributed by atoms with Crippen LogP contribution in [0.2, 0.25) is 10.0 Å². The summed E-state index contributed by atoms with van der Waals surface area (Å²) in [4.78, 5) is 20.7. The molecule has 2 heterocycles. The molecule has 0 bridgehead atoms. The molecule has 0 radical (unpaired) electrons. The molecule has 1 amide bonds. The van der Waals surface area contributed by atoms with Gasteiger partial charge in [0, 0.05) is 11.2 Å². The lowest BCUT2D eigenvalue weighted by atomic mass is 10.0. The maximum Gasteiger partial charge on any atom is 0.260 e. The number of rotatable bonds is 4. The Balaban J connectivity index is 1.93. The van der Waals surface area contributed by atoms with Gasteiger partial charge in [0.15, 0.2) is 5.69 Å². The molecule has 0 saturated heterocycles. The molecule has 0 aliphatic carbocycles. The molecule has 1 aromatic carbocycles. The summed E-state index contributed by atoms with van der Waals surface area (Å²) in [6.07, 6.45) is 1.54. The van der Waals surface area contributed by atoms with E-state index >= 15 is 0 Å². The number of amides is 1. The van der Waals surface area contributed by atoms with Gasteiger partial charge in [0.2, 0.25) is 0 Å². The number of nitrogens with zero attached hydrogens (tertiary/aromatic N) is 2. The molecule has 1 atom stereocenters. The van der Waals surface area contributed by atoms with Crippen LogP contribution >= 0.6 is 34.5 Å². The summed E-state index contributed by atoms with van der Waals surface area (Å²) in [6.45, 7) is 7.01. The van der Waals surface area contributed by atoms with Crippen molar-refractivity contribution in [3.8, 4) is 0 Å². The van der Waals surface area contributed by atoms with E-state index in [0.717, 1.165) is 5.56 Å². The summed E-state index contributed by atoms with van der Waals surface area (Å²) < 4.78 is 0. The second-order valence-electron chi connectivity index (χ2n) is 5.14. The summed E-state index contributed by atoms with van der Waals surface area (Å²) in [5.41, 5.74) is 1.94.